The molecule has 1 saturated heterocycles. The van der Waals surface area contributed by atoms with Crippen LogP contribution in [-0.4, -0.2) is 39.5 Å². The third-order valence-electron chi connectivity index (χ3n) is 4.28. The molecule has 2 aromatic rings. The van der Waals surface area contributed by atoms with E-state index in [1.165, 1.54) is 0 Å². The van der Waals surface area contributed by atoms with Crippen LogP contribution in [0.25, 0.3) is 0 Å². The van der Waals surface area contributed by atoms with Gasteiger partial charge >= 0.3 is 0 Å². The minimum Gasteiger partial charge on any atom is -0.380 e. The maximum absolute atomic E-state index is 9.54. The van der Waals surface area contributed by atoms with Crippen LogP contribution in [0.15, 0.2) is 12.5 Å². The van der Waals surface area contributed by atoms with Gasteiger partial charge in [0.15, 0.2) is 5.82 Å². The van der Waals surface area contributed by atoms with Crippen molar-refractivity contribution in [1.82, 2.24) is 19.7 Å². The van der Waals surface area contributed by atoms with Crippen molar-refractivity contribution in [2.45, 2.75) is 25.5 Å². The molecule has 2 atom stereocenters. The summed E-state index contributed by atoms with van der Waals surface area (Å²) >= 11 is 6.11. The summed E-state index contributed by atoms with van der Waals surface area (Å²) in [5, 5.41) is 18.2. The molecule has 1 fully saturated rings. The summed E-state index contributed by atoms with van der Waals surface area (Å²) in [5.74, 6) is 1.43. The van der Waals surface area contributed by atoms with Gasteiger partial charge in [0.05, 0.1) is 22.7 Å². The van der Waals surface area contributed by atoms with E-state index in [9.17, 15) is 5.26 Å². The first kappa shape index (κ1) is 15.7. The largest absolute Gasteiger partial charge is 0.380 e. The third kappa shape index (κ3) is 2.64. The Morgan fingerprint density at radius 1 is 1.48 bits per heavy atom. The molecule has 0 aliphatic carbocycles. The van der Waals surface area contributed by atoms with Gasteiger partial charge in [-0.3, -0.25) is 0 Å². The fourth-order valence-corrected chi connectivity index (χ4v) is 3.10. The zero-order valence-corrected chi connectivity index (χ0v) is 13.9. The highest BCUT2D eigenvalue weighted by Gasteiger charge is 2.38. The minimum atomic E-state index is -0.0485. The molecule has 1 aliphatic rings. The average Bonchev–Trinajstić information content (AvgIpc) is 3.15. The first-order valence-corrected chi connectivity index (χ1v) is 7.63. The number of nitrogens with zero attached hydrogens (tertiary/aromatic N) is 6. The number of nitriles is 1. The highest BCUT2D eigenvalue weighted by Crippen LogP contribution is 2.38. The molecule has 3 rings (SSSR count). The molecule has 0 radical (unpaired) electrons. The monoisotopic (exact) mass is 332 g/mol. The first-order chi connectivity index (χ1) is 11.1. The molecule has 0 aromatic carbocycles. The number of hydrogen-bond acceptors (Lipinski definition) is 6. The van der Waals surface area contributed by atoms with Crippen molar-refractivity contribution >= 4 is 17.4 Å². The third-order valence-corrected chi connectivity index (χ3v) is 4.66. The van der Waals surface area contributed by atoms with E-state index in [1.807, 2.05) is 18.5 Å². The molecule has 0 unspecified atom stereocenters. The van der Waals surface area contributed by atoms with E-state index >= 15 is 0 Å². The Labute approximate surface area is 139 Å². The molecule has 0 N–H and O–H groups in total. The molecular weight excluding hydrogens is 316 g/mol. The Balaban J connectivity index is 2.08. The molecule has 23 heavy (non-hydrogen) atoms. The lowest BCUT2D eigenvalue weighted by atomic mass is 10.1. The summed E-state index contributed by atoms with van der Waals surface area (Å²) in [7, 11) is 3.59. The Hall–Kier alpha value is -2.17. The van der Waals surface area contributed by atoms with Crippen molar-refractivity contribution < 1.29 is 4.74 Å². The molecule has 120 valence electrons. The Bertz CT molecular complexity index is 768. The number of hydrogen-bond donors (Lipinski definition) is 0. The topological polar surface area (TPSA) is 79.9 Å². The highest BCUT2D eigenvalue weighted by atomic mass is 35.5. The number of pyridine rings is 1. The first-order valence-electron chi connectivity index (χ1n) is 7.25. The van der Waals surface area contributed by atoms with E-state index in [1.54, 1.807) is 19.6 Å². The summed E-state index contributed by atoms with van der Waals surface area (Å²) in [6, 6.07) is 2.17. The summed E-state index contributed by atoms with van der Waals surface area (Å²) < 4.78 is 7.40. The number of methoxy groups -OCH3 is 1. The van der Waals surface area contributed by atoms with Gasteiger partial charge in [0.2, 0.25) is 0 Å². The van der Waals surface area contributed by atoms with E-state index < -0.39 is 0 Å². The fraction of sp³-hybridized carbons (Fsp3) is 0.467. The molecule has 0 saturated carbocycles. The maximum atomic E-state index is 9.54. The number of ether oxygens (including phenoxy) is 1. The zero-order chi connectivity index (χ0) is 16.6. The van der Waals surface area contributed by atoms with E-state index in [-0.39, 0.29) is 12.1 Å². The van der Waals surface area contributed by atoms with Crippen LogP contribution in [-0.2, 0) is 11.8 Å². The average molecular weight is 333 g/mol. The molecule has 0 amide bonds. The fourth-order valence-electron chi connectivity index (χ4n) is 2.96. The van der Waals surface area contributed by atoms with Gasteiger partial charge in [0, 0.05) is 33.3 Å². The summed E-state index contributed by atoms with van der Waals surface area (Å²) in [6.07, 6.45) is 4.05. The second-order valence-corrected chi connectivity index (χ2v) is 6.01. The Morgan fingerprint density at radius 3 is 2.87 bits per heavy atom. The van der Waals surface area contributed by atoms with Crippen molar-refractivity contribution in [1.29, 1.82) is 5.26 Å². The zero-order valence-electron chi connectivity index (χ0n) is 13.2. The number of rotatable bonds is 3. The van der Waals surface area contributed by atoms with Crippen LogP contribution < -0.4 is 4.90 Å². The normalized spacial score (nSPS) is 20.7. The van der Waals surface area contributed by atoms with E-state index in [0.29, 0.717) is 22.9 Å². The molecule has 3 heterocycles. The van der Waals surface area contributed by atoms with E-state index in [2.05, 4.69) is 26.2 Å². The van der Waals surface area contributed by atoms with Crippen molar-refractivity contribution in [3.63, 3.8) is 0 Å². The van der Waals surface area contributed by atoms with Crippen molar-refractivity contribution in [2.24, 2.45) is 7.05 Å². The lowest BCUT2D eigenvalue weighted by Gasteiger charge is -2.26. The van der Waals surface area contributed by atoms with Gasteiger partial charge in [-0.05, 0) is 12.5 Å². The molecule has 7 nitrogen and oxygen atoms in total. The van der Waals surface area contributed by atoms with E-state index in [4.69, 9.17) is 16.3 Å². The van der Waals surface area contributed by atoms with Crippen molar-refractivity contribution in [3.05, 3.63) is 34.5 Å². The molecular formula is C15H17ClN6O. The molecule has 1 aliphatic heterocycles. The van der Waals surface area contributed by atoms with Gasteiger partial charge in [0.1, 0.15) is 18.2 Å². The molecule has 8 heteroatoms. The molecule has 0 spiro atoms. The predicted molar refractivity (Wildman–Crippen MR) is 85.2 cm³/mol. The van der Waals surface area contributed by atoms with Crippen LogP contribution >= 0.6 is 11.6 Å². The van der Waals surface area contributed by atoms with Gasteiger partial charge < -0.3 is 14.2 Å². The number of aromatic nitrogens is 4. The van der Waals surface area contributed by atoms with Crippen LogP contribution in [0.2, 0.25) is 5.02 Å². The van der Waals surface area contributed by atoms with Crippen molar-refractivity contribution in [3.8, 4) is 6.07 Å². The van der Waals surface area contributed by atoms with Crippen molar-refractivity contribution in [2.75, 3.05) is 18.6 Å². The molecule has 2 aromatic heterocycles. The second kappa shape index (κ2) is 6.14. The van der Waals surface area contributed by atoms with Crippen LogP contribution in [0.5, 0.6) is 0 Å². The van der Waals surface area contributed by atoms with Gasteiger partial charge in [-0.25, -0.2) is 4.98 Å². The summed E-state index contributed by atoms with van der Waals surface area (Å²) in [6.45, 7) is 2.46. The van der Waals surface area contributed by atoms with Gasteiger partial charge in [-0.2, -0.15) is 5.26 Å². The number of aryl methyl sites for hydroxylation is 1. The number of anilines is 1. The van der Waals surface area contributed by atoms with Gasteiger partial charge in [-0.1, -0.05) is 11.6 Å². The lowest BCUT2D eigenvalue weighted by molar-refractivity contribution is 0.118. The standard InChI is InChI=1S/C15H17ClN6O/c1-9-11(5-17)14(18-6-12(9)16)22-7-10(23-3)4-13(22)15-20-19-8-21(15)2/h6,8,10,13H,4,7H2,1-3H3/t10-,13+/m1/s1. The van der Waals surface area contributed by atoms with Crippen LogP contribution in [0.1, 0.15) is 29.4 Å². The summed E-state index contributed by atoms with van der Waals surface area (Å²) in [4.78, 5) is 6.46. The van der Waals surface area contributed by atoms with Crippen LogP contribution in [0, 0.1) is 18.3 Å². The minimum absolute atomic E-state index is 0.0426. The quantitative estimate of drug-likeness (QED) is 0.855. The Morgan fingerprint density at radius 2 is 2.26 bits per heavy atom. The maximum Gasteiger partial charge on any atom is 0.155 e. The molecule has 0 bridgehead atoms. The Kier molecular flexibility index (Phi) is 4.20. The smallest absolute Gasteiger partial charge is 0.155 e. The van der Waals surface area contributed by atoms with Crippen LogP contribution in [0.4, 0.5) is 5.82 Å². The SMILES string of the molecule is CO[C@@H]1C[C@@H](c2nncn2C)N(c2ncc(Cl)c(C)c2C#N)C1. The van der Waals surface area contributed by atoms with Crippen LogP contribution in [0.3, 0.4) is 0 Å². The number of halogens is 1. The second-order valence-electron chi connectivity index (χ2n) is 5.60. The predicted octanol–water partition coefficient (Wildman–Crippen LogP) is 2.01. The highest BCUT2D eigenvalue weighted by molar-refractivity contribution is 6.31. The van der Waals surface area contributed by atoms with Gasteiger partial charge in [0.25, 0.3) is 0 Å². The summed E-state index contributed by atoms with van der Waals surface area (Å²) in [5.41, 5.74) is 1.22. The van der Waals surface area contributed by atoms with E-state index in [0.717, 1.165) is 17.8 Å². The van der Waals surface area contributed by atoms with Gasteiger partial charge in [-0.15, -0.1) is 10.2 Å². The lowest BCUT2D eigenvalue weighted by Crippen LogP contribution is -2.28.